The molecule has 0 aliphatic carbocycles. The van der Waals surface area contributed by atoms with Crippen LogP contribution >= 0.6 is 0 Å². The fraction of sp³-hybridized carbons (Fsp3) is 0.235. The summed E-state index contributed by atoms with van der Waals surface area (Å²) < 4.78 is 5.33. The molecule has 0 aromatic heterocycles. The highest BCUT2D eigenvalue weighted by Gasteiger charge is 2.23. The van der Waals surface area contributed by atoms with Crippen LogP contribution in [0.1, 0.15) is 5.56 Å². The number of carbonyl (C=O) groups excluding carboxylic acids is 1. The molecule has 0 atom stereocenters. The second kappa shape index (κ2) is 7.65. The molecule has 0 N–H and O–H groups in total. The van der Waals surface area contributed by atoms with E-state index in [4.69, 9.17) is 4.74 Å². The Bertz CT molecular complexity index is 501. The van der Waals surface area contributed by atoms with Crippen LogP contribution in [-0.4, -0.2) is 20.3 Å². The van der Waals surface area contributed by atoms with E-state index in [2.05, 4.69) is 26.3 Å². The largest absolute Gasteiger partial charge is 0.466 e. The van der Waals surface area contributed by atoms with Crippen molar-refractivity contribution in [2.75, 3.05) is 6.23 Å². The van der Waals surface area contributed by atoms with Crippen molar-refractivity contribution in [1.82, 2.24) is 0 Å². The SMILES string of the molecule is C=CC(=C)C[Si](C)(C)COC(=O)/C=C/c1ccccc1. The molecule has 0 heterocycles. The molecular formula is C17H22O2Si. The standard InChI is InChI=1S/C17H22O2Si/c1-5-15(2)13-20(3,4)14-19-17(18)12-11-16-9-7-6-8-10-16/h5-12H,1-2,13-14H2,3-4H3/b12-11+. The van der Waals surface area contributed by atoms with Crippen LogP contribution in [0.3, 0.4) is 0 Å². The van der Waals surface area contributed by atoms with Crippen LogP contribution in [0, 0.1) is 0 Å². The average molecular weight is 286 g/mol. The topological polar surface area (TPSA) is 26.3 Å². The van der Waals surface area contributed by atoms with Crippen molar-refractivity contribution in [3.63, 3.8) is 0 Å². The summed E-state index contributed by atoms with van der Waals surface area (Å²) >= 11 is 0. The van der Waals surface area contributed by atoms with Crippen molar-refractivity contribution < 1.29 is 9.53 Å². The van der Waals surface area contributed by atoms with Gasteiger partial charge in [-0.3, -0.25) is 0 Å². The minimum Gasteiger partial charge on any atom is -0.466 e. The average Bonchev–Trinajstić information content (AvgIpc) is 2.43. The Morgan fingerprint density at radius 1 is 1.30 bits per heavy atom. The van der Waals surface area contributed by atoms with Crippen LogP contribution in [0.2, 0.25) is 19.1 Å². The zero-order chi connectivity index (χ0) is 15.0. The lowest BCUT2D eigenvalue weighted by molar-refractivity contribution is -0.135. The molecule has 2 nitrogen and oxygen atoms in total. The quantitative estimate of drug-likeness (QED) is 0.324. The van der Waals surface area contributed by atoms with Gasteiger partial charge in [0.2, 0.25) is 0 Å². The monoisotopic (exact) mass is 286 g/mol. The van der Waals surface area contributed by atoms with Crippen molar-refractivity contribution in [1.29, 1.82) is 0 Å². The summed E-state index contributed by atoms with van der Waals surface area (Å²) in [5, 5.41) is 0. The molecular weight excluding hydrogens is 264 g/mol. The maximum Gasteiger partial charge on any atom is 0.330 e. The Balaban J connectivity index is 2.45. The summed E-state index contributed by atoms with van der Waals surface area (Å²) in [6.45, 7) is 12.0. The Hall–Kier alpha value is -1.87. The van der Waals surface area contributed by atoms with E-state index in [0.717, 1.165) is 17.2 Å². The fourth-order valence-corrected chi connectivity index (χ4v) is 3.79. The van der Waals surface area contributed by atoms with Gasteiger partial charge in [-0.1, -0.05) is 68.2 Å². The molecule has 0 spiro atoms. The number of carbonyl (C=O) groups is 1. The predicted octanol–water partition coefficient (Wildman–Crippen LogP) is 4.23. The van der Waals surface area contributed by atoms with Crippen LogP contribution in [0.4, 0.5) is 0 Å². The number of rotatable bonds is 7. The van der Waals surface area contributed by atoms with Crippen molar-refractivity contribution in [3.8, 4) is 0 Å². The number of ether oxygens (including phenoxy) is 1. The highest BCUT2D eigenvalue weighted by Crippen LogP contribution is 2.16. The minimum atomic E-state index is -1.61. The highest BCUT2D eigenvalue weighted by atomic mass is 28.3. The molecule has 0 radical (unpaired) electrons. The molecule has 106 valence electrons. The first-order valence-electron chi connectivity index (χ1n) is 6.63. The van der Waals surface area contributed by atoms with Gasteiger partial charge in [-0.25, -0.2) is 4.79 Å². The van der Waals surface area contributed by atoms with Gasteiger partial charge in [0.25, 0.3) is 0 Å². The summed E-state index contributed by atoms with van der Waals surface area (Å²) in [4.78, 5) is 11.7. The molecule has 0 bridgehead atoms. The van der Waals surface area contributed by atoms with Crippen LogP contribution in [0.15, 0.2) is 61.2 Å². The lowest BCUT2D eigenvalue weighted by Gasteiger charge is -2.21. The summed E-state index contributed by atoms with van der Waals surface area (Å²) in [5.41, 5.74) is 2.00. The first kappa shape index (κ1) is 16.2. The van der Waals surface area contributed by atoms with Gasteiger partial charge in [-0.15, -0.1) is 0 Å². The first-order valence-corrected chi connectivity index (χ1v) is 10.0. The number of benzene rings is 1. The van der Waals surface area contributed by atoms with Crippen LogP contribution in [0.25, 0.3) is 6.08 Å². The smallest absolute Gasteiger partial charge is 0.330 e. The summed E-state index contributed by atoms with van der Waals surface area (Å²) in [5.74, 6) is -0.293. The zero-order valence-corrected chi connectivity index (χ0v) is 13.3. The third-order valence-electron chi connectivity index (χ3n) is 2.81. The Labute approximate surface area is 122 Å². The lowest BCUT2D eigenvalue weighted by atomic mass is 10.2. The molecule has 0 saturated carbocycles. The highest BCUT2D eigenvalue weighted by molar-refractivity contribution is 6.78. The third-order valence-corrected chi connectivity index (χ3v) is 5.15. The van der Waals surface area contributed by atoms with Gasteiger partial charge >= 0.3 is 5.97 Å². The Morgan fingerprint density at radius 3 is 2.55 bits per heavy atom. The van der Waals surface area contributed by atoms with E-state index in [9.17, 15) is 4.79 Å². The molecule has 1 rings (SSSR count). The molecule has 20 heavy (non-hydrogen) atoms. The van der Waals surface area contributed by atoms with Gasteiger partial charge in [0.1, 0.15) is 0 Å². The number of hydrogen-bond donors (Lipinski definition) is 0. The Morgan fingerprint density at radius 2 is 1.95 bits per heavy atom. The maximum absolute atomic E-state index is 11.7. The predicted molar refractivity (Wildman–Crippen MR) is 88.1 cm³/mol. The van der Waals surface area contributed by atoms with E-state index in [1.165, 1.54) is 6.08 Å². The van der Waals surface area contributed by atoms with Crippen LogP contribution < -0.4 is 0 Å². The molecule has 1 aromatic rings. The van der Waals surface area contributed by atoms with E-state index in [1.54, 1.807) is 12.2 Å². The molecule has 0 aliphatic rings. The maximum atomic E-state index is 11.7. The zero-order valence-electron chi connectivity index (χ0n) is 12.3. The van der Waals surface area contributed by atoms with E-state index in [1.807, 2.05) is 30.3 Å². The fourth-order valence-electron chi connectivity index (χ4n) is 1.78. The van der Waals surface area contributed by atoms with Gasteiger partial charge in [-0.2, -0.15) is 0 Å². The third kappa shape index (κ3) is 6.34. The summed E-state index contributed by atoms with van der Waals surface area (Å²) in [6, 6.07) is 10.6. The van der Waals surface area contributed by atoms with Crippen molar-refractivity contribution in [2.24, 2.45) is 0 Å². The number of allylic oxidation sites excluding steroid dienone is 2. The normalized spacial score (nSPS) is 11.3. The molecule has 0 aliphatic heterocycles. The molecule has 0 amide bonds. The first-order chi connectivity index (χ1) is 9.43. The van der Waals surface area contributed by atoms with E-state index in [-0.39, 0.29) is 5.97 Å². The van der Waals surface area contributed by atoms with Gasteiger partial charge in [0.05, 0.1) is 14.3 Å². The van der Waals surface area contributed by atoms with Gasteiger partial charge < -0.3 is 4.74 Å². The minimum absolute atomic E-state index is 0.293. The second-order valence-corrected chi connectivity index (χ2v) is 10.5. The van der Waals surface area contributed by atoms with Crippen molar-refractivity contribution in [2.45, 2.75) is 19.1 Å². The molecule has 0 saturated heterocycles. The van der Waals surface area contributed by atoms with Gasteiger partial charge in [0.15, 0.2) is 0 Å². The number of esters is 1. The van der Waals surface area contributed by atoms with Crippen LogP contribution in [0.5, 0.6) is 0 Å². The molecule has 0 fully saturated rings. The van der Waals surface area contributed by atoms with E-state index >= 15 is 0 Å². The molecule has 1 aromatic carbocycles. The van der Waals surface area contributed by atoms with Gasteiger partial charge in [-0.05, 0) is 17.7 Å². The van der Waals surface area contributed by atoms with Crippen molar-refractivity contribution >= 4 is 20.1 Å². The Kier molecular flexibility index (Phi) is 6.19. The van der Waals surface area contributed by atoms with E-state index < -0.39 is 8.07 Å². The number of hydrogen-bond acceptors (Lipinski definition) is 2. The van der Waals surface area contributed by atoms with Crippen LogP contribution in [-0.2, 0) is 9.53 Å². The molecule has 3 heteroatoms. The second-order valence-electron chi connectivity index (χ2n) is 5.56. The van der Waals surface area contributed by atoms with Gasteiger partial charge in [0, 0.05) is 6.08 Å². The lowest BCUT2D eigenvalue weighted by Crippen LogP contribution is -2.33. The molecule has 0 unspecified atom stereocenters. The van der Waals surface area contributed by atoms with E-state index in [0.29, 0.717) is 6.23 Å². The summed E-state index contributed by atoms with van der Waals surface area (Å²) in [6.07, 6.45) is 5.51. The van der Waals surface area contributed by atoms with Crippen molar-refractivity contribution in [3.05, 3.63) is 66.8 Å². The summed E-state index contributed by atoms with van der Waals surface area (Å²) in [7, 11) is -1.61.